The molecule has 1 fully saturated rings. The maximum absolute atomic E-state index is 3.00. The molecule has 0 bridgehead atoms. The van der Waals surface area contributed by atoms with Crippen molar-refractivity contribution in [3.8, 4) is 0 Å². The van der Waals surface area contributed by atoms with Gasteiger partial charge < -0.3 is 10.8 Å². The van der Waals surface area contributed by atoms with E-state index in [-0.39, 0.29) is 5.48 Å². The van der Waals surface area contributed by atoms with Crippen LogP contribution in [-0.4, -0.2) is 18.6 Å². The lowest BCUT2D eigenvalue weighted by Gasteiger charge is -1.21. The predicted molar refractivity (Wildman–Crippen MR) is 16.5 cm³/mol. The maximum atomic E-state index is 3.00. The topological polar surface area (TPSA) is 53.4 Å². The monoisotopic (exact) mass is 61.1 g/mol. The van der Waals surface area contributed by atoms with E-state index in [0.717, 1.165) is 0 Å². The van der Waals surface area contributed by atoms with Crippen LogP contribution >= 0.6 is 0 Å². The van der Waals surface area contributed by atoms with Crippen molar-refractivity contribution in [2.75, 3.05) is 13.1 Å². The third kappa shape index (κ3) is 1.92. The molecule has 0 radical (unpaired) electrons. The molecule has 0 atom stereocenters. The van der Waals surface area contributed by atoms with Gasteiger partial charge in [0, 0.05) is 13.1 Å². The van der Waals surface area contributed by atoms with Gasteiger partial charge >= 0.3 is 0 Å². The van der Waals surface area contributed by atoms with Crippen molar-refractivity contribution >= 4 is 0 Å². The summed E-state index contributed by atoms with van der Waals surface area (Å²) in [5.74, 6) is 0. The summed E-state index contributed by atoms with van der Waals surface area (Å²) in [5.41, 5.74) is 0. The summed E-state index contributed by atoms with van der Waals surface area (Å²) >= 11 is 0. The highest BCUT2D eigenvalue weighted by Crippen LogP contribution is 1.65. The van der Waals surface area contributed by atoms with Crippen LogP contribution in [0, 0.1) is 0 Å². The van der Waals surface area contributed by atoms with Gasteiger partial charge in [0.25, 0.3) is 0 Å². The van der Waals surface area contributed by atoms with Crippen LogP contribution in [0.1, 0.15) is 0 Å². The zero-order chi connectivity index (χ0) is 2.12. The van der Waals surface area contributed by atoms with Gasteiger partial charge in [-0.3, -0.25) is 0 Å². The Morgan fingerprint density at radius 2 is 1.50 bits per heavy atom. The number of hydrogen-bond acceptors (Lipinski definition) is 1. The predicted octanol–water partition coefficient (Wildman–Crippen LogP) is -1.24. The lowest BCUT2D eigenvalue weighted by Crippen LogP contribution is -1.56. The van der Waals surface area contributed by atoms with Crippen LogP contribution < -0.4 is 5.32 Å². The number of hydrogen-bond donors (Lipinski definition) is 1. The first kappa shape index (κ1) is 3.92. The van der Waals surface area contributed by atoms with Crippen molar-refractivity contribution in [1.82, 2.24) is 5.32 Å². The van der Waals surface area contributed by atoms with Crippen LogP contribution in [0.15, 0.2) is 0 Å². The Bertz CT molecular complexity index is 10.8. The zero-order valence-corrected chi connectivity index (χ0v) is 2.41. The smallest absolute Gasteiger partial charge is 0.00772 e. The minimum atomic E-state index is 0. The summed E-state index contributed by atoms with van der Waals surface area (Å²) in [7, 11) is 0. The van der Waals surface area contributed by atoms with E-state index in [1.807, 2.05) is 0 Å². The molecule has 0 spiro atoms. The average molecular weight is 61.1 g/mol. The van der Waals surface area contributed by atoms with E-state index >= 15 is 0 Å². The molecule has 1 aliphatic heterocycles. The summed E-state index contributed by atoms with van der Waals surface area (Å²) in [5, 5.41) is 3.00. The van der Waals surface area contributed by atoms with E-state index < -0.39 is 0 Å². The second kappa shape index (κ2) is 1.26. The van der Waals surface area contributed by atoms with Crippen LogP contribution in [-0.2, 0) is 0 Å². The average Bonchev–Trinajstić information content (AvgIpc) is 1.46. The van der Waals surface area contributed by atoms with Gasteiger partial charge in [0.1, 0.15) is 0 Å². The van der Waals surface area contributed by atoms with Crippen molar-refractivity contribution in [2.24, 2.45) is 0 Å². The molecular weight excluding hydrogens is 54.0 g/mol. The Labute approximate surface area is 25.1 Å². The molecule has 26 valence electrons. The lowest BCUT2D eigenvalue weighted by atomic mass is 11.0. The summed E-state index contributed by atoms with van der Waals surface area (Å²) in [6.07, 6.45) is 0. The Balaban J connectivity index is 0.0000000900. The Morgan fingerprint density at radius 3 is 1.50 bits per heavy atom. The second-order valence-corrected chi connectivity index (χ2v) is 0.750. The van der Waals surface area contributed by atoms with Gasteiger partial charge in [-0.15, -0.1) is 0 Å². The molecule has 4 heavy (non-hydrogen) atoms. The summed E-state index contributed by atoms with van der Waals surface area (Å²) in [6, 6.07) is 0. The maximum Gasteiger partial charge on any atom is 0.00772 e. The summed E-state index contributed by atoms with van der Waals surface area (Å²) in [6.45, 7) is 2.50. The molecule has 2 nitrogen and oxygen atoms in total. The molecule has 0 unspecified atom stereocenters. The van der Waals surface area contributed by atoms with E-state index in [9.17, 15) is 0 Å². The van der Waals surface area contributed by atoms with Crippen LogP contribution in [0.4, 0.5) is 0 Å². The zero-order valence-electron chi connectivity index (χ0n) is 2.41. The van der Waals surface area contributed by atoms with Crippen molar-refractivity contribution in [3.63, 3.8) is 0 Å². The standard InChI is InChI=1S/C2H5N.H2O/c1-2-3-1;/h3H,1-2H2;1H2. The van der Waals surface area contributed by atoms with Crippen molar-refractivity contribution in [3.05, 3.63) is 0 Å². The quantitative estimate of drug-likeness (QED) is 0.350. The molecular formula is C2H7NO. The first-order valence-electron chi connectivity index (χ1n) is 1.21. The van der Waals surface area contributed by atoms with Gasteiger partial charge in [0.2, 0.25) is 0 Å². The molecule has 2 heteroatoms. The lowest BCUT2D eigenvalue weighted by molar-refractivity contribution is 0.824. The fourth-order valence-corrected chi connectivity index (χ4v) is 0. The van der Waals surface area contributed by atoms with Gasteiger partial charge in [0.05, 0.1) is 0 Å². The highest BCUT2D eigenvalue weighted by atomic mass is 16.0. The molecule has 1 rings (SSSR count). The van der Waals surface area contributed by atoms with Gasteiger partial charge in [-0.05, 0) is 0 Å². The minimum Gasteiger partial charge on any atom is -0.412 e. The van der Waals surface area contributed by atoms with Crippen molar-refractivity contribution in [2.45, 2.75) is 0 Å². The fraction of sp³-hybridized carbons (Fsp3) is 1.00. The molecule has 1 aliphatic rings. The Hall–Kier alpha value is -0.0800. The first-order chi connectivity index (χ1) is 1.50. The molecule has 0 aliphatic carbocycles. The molecule has 3 N–H and O–H groups in total. The van der Waals surface area contributed by atoms with E-state index in [2.05, 4.69) is 5.32 Å². The van der Waals surface area contributed by atoms with Gasteiger partial charge in [-0.25, -0.2) is 0 Å². The third-order valence-electron chi connectivity index (χ3n) is 0.250. The third-order valence-corrected chi connectivity index (χ3v) is 0.250. The van der Waals surface area contributed by atoms with Crippen LogP contribution in [0.3, 0.4) is 0 Å². The molecule has 0 aromatic heterocycles. The molecule has 1 heterocycles. The molecule has 0 saturated carbocycles. The minimum absolute atomic E-state index is 0. The molecule has 1 saturated heterocycles. The normalized spacial score (nSPS) is 18.0. The molecule has 0 aromatic carbocycles. The number of rotatable bonds is 0. The fourth-order valence-electron chi connectivity index (χ4n) is 0. The van der Waals surface area contributed by atoms with Crippen LogP contribution in [0.5, 0.6) is 0 Å². The SMILES string of the molecule is C1CN1.O. The molecule has 0 aromatic rings. The first-order valence-corrected chi connectivity index (χ1v) is 1.21. The van der Waals surface area contributed by atoms with Crippen molar-refractivity contribution < 1.29 is 5.48 Å². The second-order valence-electron chi connectivity index (χ2n) is 0.750. The highest BCUT2D eigenvalue weighted by Gasteiger charge is 1.91. The number of nitrogens with one attached hydrogen (secondary N) is 1. The Morgan fingerprint density at radius 1 is 1.25 bits per heavy atom. The summed E-state index contributed by atoms with van der Waals surface area (Å²) < 4.78 is 0. The summed E-state index contributed by atoms with van der Waals surface area (Å²) in [4.78, 5) is 0. The van der Waals surface area contributed by atoms with Gasteiger partial charge in [-0.2, -0.15) is 0 Å². The van der Waals surface area contributed by atoms with Crippen molar-refractivity contribution in [1.29, 1.82) is 0 Å². The van der Waals surface area contributed by atoms with E-state index in [4.69, 9.17) is 0 Å². The highest BCUT2D eigenvalue weighted by molar-refractivity contribution is 4.58. The van der Waals surface area contributed by atoms with Crippen LogP contribution in [0.25, 0.3) is 0 Å². The van der Waals surface area contributed by atoms with E-state index in [1.54, 1.807) is 0 Å². The Kier molecular flexibility index (Phi) is 1.24. The van der Waals surface area contributed by atoms with E-state index in [0.29, 0.717) is 0 Å². The van der Waals surface area contributed by atoms with Gasteiger partial charge in [-0.1, -0.05) is 0 Å². The van der Waals surface area contributed by atoms with E-state index in [1.165, 1.54) is 13.1 Å². The largest absolute Gasteiger partial charge is 0.412 e. The van der Waals surface area contributed by atoms with Gasteiger partial charge in [0.15, 0.2) is 0 Å². The van der Waals surface area contributed by atoms with Crippen LogP contribution in [0.2, 0.25) is 0 Å². The molecule has 0 amide bonds.